The maximum atomic E-state index is 12.0. The van der Waals surface area contributed by atoms with Crippen LogP contribution in [0.2, 0.25) is 0 Å². The van der Waals surface area contributed by atoms with Crippen molar-refractivity contribution in [1.82, 2.24) is 10.6 Å². The summed E-state index contributed by atoms with van der Waals surface area (Å²) in [6.45, 7) is 5.87. The monoisotopic (exact) mass is 292 g/mol. The smallest absolute Gasteiger partial charge is 0.328 e. The van der Waals surface area contributed by atoms with Crippen LogP contribution in [0.3, 0.4) is 0 Å². The Morgan fingerprint density at radius 3 is 2.24 bits per heavy atom. The fraction of sp³-hybridized carbons (Fsp3) is 0.500. The van der Waals surface area contributed by atoms with Crippen LogP contribution < -0.4 is 10.6 Å². The molecule has 1 rings (SSSR count). The van der Waals surface area contributed by atoms with Crippen molar-refractivity contribution in [2.24, 2.45) is 5.92 Å². The number of urea groups is 1. The maximum absolute atomic E-state index is 12.0. The van der Waals surface area contributed by atoms with E-state index in [0.717, 1.165) is 5.56 Å². The molecule has 0 aliphatic carbocycles. The molecule has 5 heteroatoms. The van der Waals surface area contributed by atoms with Gasteiger partial charge in [-0.3, -0.25) is 0 Å². The van der Waals surface area contributed by atoms with Crippen molar-refractivity contribution in [3.63, 3.8) is 0 Å². The molecule has 0 heterocycles. The van der Waals surface area contributed by atoms with Crippen molar-refractivity contribution in [2.75, 3.05) is 7.11 Å². The molecular formula is C16H24N2O3. The Morgan fingerprint density at radius 1 is 1.10 bits per heavy atom. The molecule has 0 saturated carbocycles. The van der Waals surface area contributed by atoms with E-state index in [9.17, 15) is 9.59 Å². The van der Waals surface area contributed by atoms with Crippen LogP contribution in [0.4, 0.5) is 4.79 Å². The van der Waals surface area contributed by atoms with Crippen LogP contribution in [0.25, 0.3) is 0 Å². The number of hydrogen-bond acceptors (Lipinski definition) is 3. The average Bonchev–Trinajstić information content (AvgIpc) is 2.46. The van der Waals surface area contributed by atoms with Crippen molar-refractivity contribution >= 4 is 12.0 Å². The first-order chi connectivity index (χ1) is 9.93. The standard InChI is InChI=1S/C16H24N2O3/c1-11(2)10-14(15(19)21-4)18-16(20)17-12(3)13-8-6-5-7-9-13/h5-9,11-12,14H,10H2,1-4H3,(H2,17,18,20)/t12-,14+/m0/s1. The Hall–Kier alpha value is -2.04. The molecule has 2 atom stereocenters. The van der Waals surface area contributed by atoms with Gasteiger partial charge < -0.3 is 15.4 Å². The predicted molar refractivity (Wildman–Crippen MR) is 81.8 cm³/mol. The van der Waals surface area contributed by atoms with E-state index in [-0.39, 0.29) is 18.0 Å². The number of methoxy groups -OCH3 is 1. The van der Waals surface area contributed by atoms with Gasteiger partial charge >= 0.3 is 12.0 Å². The summed E-state index contributed by atoms with van der Waals surface area (Å²) in [6, 6.07) is 8.51. The molecule has 21 heavy (non-hydrogen) atoms. The second-order valence-electron chi connectivity index (χ2n) is 5.46. The number of nitrogens with one attached hydrogen (secondary N) is 2. The number of carbonyl (C=O) groups is 2. The van der Waals surface area contributed by atoms with Gasteiger partial charge in [-0.1, -0.05) is 44.2 Å². The molecule has 0 bridgehead atoms. The van der Waals surface area contributed by atoms with Gasteiger partial charge in [0, 0.05) is 0 Å². The zero-order valence-electron chi connectivity index (χ0n) is 13.1. The van der Waals surface area contributed by atoms with Crippen LogP contribution >= 0.6 is 0 Å². The fourth-order valence-electron chi connectivity index (χ4n) is 2.05. The van der Waals surface area contributed by atoms with Crippen LogP contribution in [0.15, 0.2) is 30.3 Å². The minimum atomic E-state index is -0.627. The lowest BCUT2D eigenvalue weighted by molar-refractivity contribution is -0.143. The van der Waals surface area contributed by atoms with E-state index in [1.165, 1.54) is 7.11 Å². The Labute approximate surface area is 126 Å². The van der Waals surface area contributed by atoms with Crippen LogP contribution in [-0.2, 0) is 9.53 Å². The minimum Gasteiger partial charge on any atom is -0.467 e. The Bertz CT molecular complexity index is 460. The second-order valence-corrected chi connectivity index (χ2v) is 5.46. The van der Waals surface area contributed by atoms with Crippen LogP contribution in [0.1, 0.15) is 38.8 Å². The van der Waals surface area contributed by atoms with E-state index in [4.69, 9.17) is 4.74 Å². The van der Waals surface area contributed by atoms with Gasteiger partial charge in [-0.05, 0) is 24.8 Å². The largest absolute Gasteiger partial charge is 0.467 e. The normalized spacial score (nSPS) is 13.4. The molecule has 0 unspecified atom stereocenters. The average molecular weight is 292 g/mol. The van der Waals surface area contributed by atoms with Crippen molar-refractivity contribution < 1.29 is 14.3 Å². The number of benzene rings is 1. The lowest BCUT2D eigenvalue weighted by atomic mass is 10.0. The van der Waals surface area contributed by atoms with Crippen LogP contribution in [0, 0.1) is 5.92 Å². The highest BCUT2D eigenvalue weighted by atomic mass is 16.5. The molecule has 2 amide bonds. The van der Waals surface area contributed by atoms with Gasteiger partial charge in [-0.25, -0.2) is 9.59 Å². The Kier molecular flexibility index (Phi) is 6.72. The molecule has 2 N–H and O–H groups in total. The number of esters is 1. The van der Waals surface area contributed by atoms with Crippen LogP contribution in [0.5, 0.6) is 0 Å². The molecule has 0 aliphatic rings. The van der Waals surface area contributed by atoms with Gasteiger partial charge in [0.05, 0.1) is 13.2 Å². The summed E-state index contributed by atoms with van der Waals surface area (Å²) in [4.78, 5) is 23.7. The summed E-state index contributed by atoms with van der Waals surface area (Å²) in [7, 11) is 1.32. The summed E-state index contributed by atoms with van der Waals surface area (Å²) in [6.07, 6.45) is 0.541. The molecule has 0 aliphatic heterocycles. The molecule has 0 saturated heterocycles. The van der Waals surface area contributed by atoms with Gasteiger partial charge in [0.2, 0.25) is 0 Å². The first kappa shape index (κ1) is 17.0. The van der Waals surface area contributed by atoms with Gasteiger partial charge in [0.1, 0.15) is 6.04 Å². The van der Waals surface area contributed by atoms with Crippen molar-refractivity contribution in [3.05, 3.63) is 35.9 Å². The molecule has 0 spiro atoms. The van der Waals surface area contributed by atoms with E-state index >= 15 is 0 Å². The summed E-state index contributed by atoms with van der Waals surface area (Å²) in [5, 5.41) is 5.50. The number of rotatable bonds is 6. The first-order valence-corrected chi connectivity index (χ1v) is 7.13. The highest BCUT2D eigenvalue weighted by Crippen LogP contribution is 2.11. The Balaban J connectivity index is 2.59. The first-order valence-electron chi connectivity index (χ1n) is 7.13. The molecule has 0 aromatic heterocycles. The van der Waals surface area contributed by atoms with Crippen molar-refractivity contribution in [2.45, 2.75) is 39.3 Å². The van der Waals surface area contributed by atoms with E-state index in [2.05, 4.69) is 10.6 Å². The molecule has 116 valence electrons. The van der Waals surface area contributed by atoms with E-state index in [1.54, 1.807) is 0 Å². The number of hydrogen-bond donors (Lipinski definition) is 2. The molecule has 0 fully saturated rings. The zero-order valence-corrected chi connectivity index (χ0v) is 13.1. The SMILES string of the molecule is COC(=O)[C@@H](CC(C)C)NC(=O)N[C@@H](C)c1ccccc1. The van der Waals surface area contributed by atoms with Crippen LogP contribution in [-0.4, -0.2) is 25.2 Å². The maximum Gasteiger partial charge on any atom is 0.328 e. The lowest BCUT2D eigenvalue weighted by Gasteiger charge is -2.20. The highest BCUT2D eigenvalue weighted by molar-refractivity contribution is 5.83. The predicted octanol–water partition coefficient (Wildman–Crippen LogP) is 2.63. The number of amides is 2. The number of carbonyl (C=O) groups excluding carboxylic acids is 2. The molecular weight excluding hydrogens is 268 g/mol. The van der Waals surface area contributed by atoms with Gasteiger partial charge in [0.25, 0.3) is 0 Å². The minimum absolute atomic E-state index is 0.136. The third kappa shape index (κ3) is 5.85. The highest BCUT2D eigenvalue weighted by Gasteiger charge is 2.23. The lowest BCUT2D eigenvalue weighted by Crippen LogP contribution is -2.47. The van der Waals surface area contributed by atoms with Gasteiger partial charge in [-0.2, -0.15) is 0 Å². The van der Waals surface area contributed by atoms with Gasteiger partial charge in [0.15, 0.2) is 0 Å². The second kappa shape index (κ2) is 8.29. The quantitative estimate of drug-likeness (QED) is 0.792. The number of ether oxygens (including phenoxy) is 1. The molecule has 5 nitrogen and oxygen atoms in total. The summed E-state index contributed by atoms with van der Waals surface area (Å²) < 4.78 is 4.72. The van der Waals surface area contributed by atoms with E-state index in [0.29, 0.717) is 6.42 Å². The third-order valence-corrected chi connectivity index (χ3v) is 3.15. The van der Waals surface area contributed by atoms with Crippen molar-refractivity contribution in [1.29, 1.82) is 0 Å². The van der Waals surface area contributed by atoms with E-state index < -0.39 is 12.0 Å². The molecule has 1 aromatic rings. The topological polar surface area (TPSA) is 67.4 Å². The van der Waals surface area contributed by atoms with Crippen molar-refractivity contribution in [3.8, 4) is 0 Å². The third-order valence-electron chi connectivity index (χ3n) is 3.15. The zero-order chi connectivity index (χ0) is 15.8. The summed E-state index contributed by atoms with van der Waals surface area (Å²) >= 11 is 0. The van der Waals surface area contributed by atoms with Gasteiger partial charge in [-0.15, -0.1) is 0 Å². The molecule has 1 aromatic carbocycles. The van der Waals surface area contributed by atoms with E-state index in [1.807, 2.05) is 51.1 Å². The Morgan fingerprint density at radius 2 is 1.71 bits per heavy atom. The fourth-order valence-corrected chi connectivity index (χ4v) is 2.05. The molecule has 0 radical (unpaired) electrons. The summed E-state index contributed by atoms with van der Waals surface area (Å²) in [5.41, 5.74) is 1.01. The summed E-state index contributed by atoms with van der Waals surface area (Å²) in [5.74, 6) is -0.146.